The fourth-order valence-corrected chi connectivity index (χ4v) is 3.72. The number of rotatable bonds is 3. The molecule has 3 aromatic rings. The van der Waals surface area contributed by atoms with Crippen molar-refractivity contribution in [3.63, 3.8) is 0 Å². The summed E-state index contributed by atoms with van der Waals surface area (Å²) in [5, 5.41) is 0. The number of carbonyl (C=O) groups excluding carboxylic acids is 1. The van der Waals surface area contributed by atoms with Gasteiger partial charge in [-0.1, -0.05) is 30.3 Å². The minimum atomic E-state index is -0.0498. The lowest BCUT2D eigenvalue weighted by Crippen LogP contribution is -2.41. The van der Waals surface area contributed by atoms with Gasteiger partial charge < -0.3 is 9.47 Å². The third-order valence-corrected chi connectivity index (χ3v) is 5.06. The molecule has 1 amide bonds. The van der Waals surface area contributed by atoms with E-state index in [1.54, 1.807) is 12.4 Å². The van der Waals surface area contributed by atoms with Gasteiger partial charge in [0.1, 0.15) is 11.5 Å². The van der Waals surface area contributed by atoms with Gasteiger partial charge in [0.05, 0.1) is 17.9 Å². The second-order valence-corrected chi connectivity index (χ2v) is 7.05. The molecule has 6 heteroatoms. The molecular weight excluding hydrogens is 338 g/mol. The largest absolute Gasteiger partial charge is 0.335 e. The molecule has 0 saturated carbocycles. The van der Waals surface area contributed by atoms with Gasteiger partial charge in [0.15, 0.2) is 0 Å². The Balaban J connectivity index is 1.60. The van der Waals surface area contributed by atoms with Gasteiger partial charge in [-0.25, -0.2) is 9.97 Å². The maximum Gasteiger partial charge on any atom is 0.274 e. The zero-order valence-corrected chi connectivity index (χ0v) is 15.7. The maximum atomic E-state index is 12.9. The van der Waals surface area contributed by atoms with Crippen molar-refractivity contribution in [2.24, 2.45) is 0 Å². The van der Waals surface area contributed by atoms with Crippen LogP contribution < -0.4 is 0 Å². The van der Waals surface area contributed by atoms with Crippen LogP contribution in [0.3, 0.4) is 0 Å². The van der Waals surface area contributed by atoms with Crippen LogP contribution in [0.2, 0.25) is 0 Å². The Kier molecular flexibility index (Phi) is 4.71. The number of imidazole rings is 1. The van der Waals surface area contributed by atoms with Gasteiger partial charge in [-0.05, 0) is 26.7 Å². The fourth-order valence-electron chi connectivity index (χ4n) is 3.72. The molecule has 0 bridgehead atoms. The van der Waals surface area contributed by atoms with Crippen molar-refractivity contribution in [1.29, 1.82) is 0 Å². The molecule has 0 radical (unpaired) electrons. The molecule has 1 saturated heterocycles. The molecule has 3 heterocycles. The summed E-state index contributed by atoms with van der Waals surface area (Å²) in [6.07, 6.45) is 7.11. The summed E-state index contributed by atoms with van der Waals surface area (Å²) >= 11 is 0. The van der Waals surface area contributed by atoms with Crippen molar-refractivity contribution < 1.29 is 4.79 Å². The molecule has 0 aliphatic carbocycles. The number of aromatic nitrogens is 4. The van der Waals surface area contributed by atoms with E-state index < -0.39 is 0 Å². The number of likely N-dealkylation sites (tertiary alicyclic amines) is 1. The van der Waals surface area contributed by atoms with Crippen molar-refractivity contribution in [2.75, 3.05) is 13.1 Å². The van der Waals surface area contributed by atoms with Gasteiger partial charge in [-0.15, -0.1) is 0 Å². The summed E-state index contributed by atoms with van der Waals surface area (Å²) in [5.74, 6) is 0.911. The predicted octanol–water partition coefficient (Wildman–Crippen LogP) is 3.43. The van der Waals surface area contributed by atoms with E-state index in [0.717, 1.165) is 42.2 Å². The first-order chi connectivity index (χ1) is 13.1. The van der Waals surface area contributed by atoms with Gasteiger partial charge in [0.25, 0.3) is 5.91 Å². The smallest absolute Gasteiger partial charge is 0.274 e. The zero-order valence-electron chi connectivity index (χ0n) is 15.7. The van der Waals surface area contributed by atoms with Crippen molar-refractivity contribution in [3.05, 3.63) is 66.0 Å². The van der Waals surface area contributed by atoms with Gasteiger partial charge >= 0.3 is 0 Å². The lowest BCUT2D eigenvalue weighted by atomic mass is 10.0. The topological polar surface area (TPSA) is 63.9 Å². The summed E-state index contributed by atoms with van der Waals surface area (Å²) in [6, 6.07) is 10.4. The zero-order chi connectivity index (χ0) is 18.8. The molecule has 1 aromatic carbocycles. The Morgan fingerprint density at radius 3 is 2.59 bits per heavy atom. The molecular formula is C21H23N5O. The highest BCUT2D eigenvalue weighted by molar-refractivity contribution is 5.92. The molecule has 1 aliphatic rings. The van der Waals surface area contributed by atoms with Gasteiger partial charge in [-0.3, -0.25) is 9.78 Å². The molecule has 138 valence electrons. The molecule has 1 fully saturated rings. The van der Waals surface area contributed by atoms with Crippen molar-refractivity contribution >= 4 is 5.91 Å². The fraction of sp³-hybridized carbons (Fsp3) is 0.333. The van der Waals surface area contributed by atoms with Crippen LogP contribution in [0.15, 0.2) is 48.9 Å². The first-order valence-corrected chi connectivity index (χ1v) is 9.30. The van der Waals surface area contributed by atoms with E-state index in [0.29, 0.717) is 12.2 Å². The average Bonchev–Trinajstić information content (AvgIpc) is 3.10. The Morgan fingerprint density at radius 1 is 1.04 bits per heavy atom. The van der Waals surface area contributed by atoms with E-state index in [4.69, 9.17) is 0 Å². The Hall–Kier alpha value is -3.02. The van der Waals surface area contributed by atoms with Crippen LogP contribution >= 0.6 is 0 Å². The highest BCUT2D eigenvalue weighted by Gasteiger charge is 2.28. The summed E-state index contributed by atoms with van der Waals surface area (Å²) < 4.78 is 2.27. The standard InChI is InChI=1S/C21H23N5O/c1-15-11-23-19(13-22-15)21(27)25-10-6-9-18(14-25)26-16(2)12-24-20(26)17-7-4-3-5-8-17/h3-5,7-8,11-13,18H,6,9-10,14H2,1-2H3. The number of aryl methyl sites for hydroxylation is 2. The molecule has 1 unspecified atom stereocenters. The van der Waals surface area contributed by atoms with E-state index in [1.165, 1.54) is 0 Å². The van der Waals surface area contributed by atoms with Crippen LogP contribution in [0.5, 0.6) is 0 Å². The highest BCUT2D eigenvalue weighted by atomic mass is 16.2. The molecule has 0 N–H and O–H groups in total. The maximum absolute atomic E-state index is 12.9. The van der Waals surface area contributed by atoms with Crippen molar-refractivity contribution in [1.82, 2.24) is 24.4 Å². The number of hydrogen-bond donors (Lipinski definition) is 0. The second-order valence-electron chi connectivity index (χ2n) is 7.05. The number of benzene rings is 1. The van der Waals surface area contributed by atoms with Crippen molar-refractivity contribution in [2.45, 2.75) is 32.7 Å². The molecule has 2 aromatic heterocycles. The SMILES string of the molecule is Cc1cnc(C(=O)N2CCCC(n3c(C)cnc3-c3ccccc3)C2)cn1. The van der Waals surface area contributed by atoms with Gasteiger partial charge in [0.2, 0.25) is 0 Å². The van der Waals surface area contributed by atoms with Gasteiger partial charge in [-0.2, -0.15) is 0 Å². The number of amides is 1. The lowest BCUT2D eigenvalue weighted by molar-refractivity contribution is 0.0672. The van der Waals surface area contributed by atoms with E-state index >= 15 is 0 Å². The van der Waals surface area contributed by atoms with E-state index in [-0.39, 0.29) is 11.9 Å². The minimum Gasteiger partial charge on any atom is -0.335 e. The van der Waals surface area contributed by atoms with Crippen LogP contribution in [-0.4, -0.2) is 43.4 Å². The Morgan fingerprint density at radius 2 is 1.85 bits per heavy atom. The Labute approximate surface area is 158 Å². The van der Waals surface area contributed by atoms with E-state index in [9.17, 15) is 4.79 Å². The third-order valence-electron chi connectivity index (χ3n) is 5.06. The minimum absolute atomic E-state index is 0.0498. The van der Waals surface area contributed by atoms with Crippen LogP contribution in [0.25, 0.3) is 11.4 Å². The second kappa shape index (κ2) is 7.31. The number of nitrogens with zero attached hydrogens (tertiary/aromatic N) is 5. The summed E-state index contributed by atoms with van der Waals surface area (Å²) in [5.41, 5.74) is 3.43. The molecule has 1 aliphatic heterocycles. The number of hydrogen-bond acceptors (Lipinski definition) is 4. The van der Waals surface area contributed by atoms with Crippen LogP contribution in [-0.2, 0) is 0 Å². The first kappa shape index (κ1) is 17.4. The molecule has 0 spiro atoms. The molecule has 1 atom stereocenters. The van der Waals surface area contributed by atoms with Crippen molar-refractivity contribution in [3.8, 4) is 11.4 Å². The summed E-state index contributed by atoms with van der Waals surface area (Å²) in [4.78, 5) is 27.8. The summed E-state index contributed by atoms with van der Waals surface area (Å²) in [6.45, 7) is 5.35. The van der Waals surface area contributed by atoms with E-state index in [2.05, 4.69) is 38.6 Å². The number of carbonyl (C=O) groups is 1. The normalized spacial score (nSPS) is 17.1. The highest BCUT2D eigenvalue weighted by Crippen LogP contribution is 2.29. The van der Waals surface area contributed by atoms with Crippen LogP contribution in [0.1, 0.15) is 40.8 Å². The Bertz CT molecular complexity index is 933. The summed E-state index contributed by atoms with van der Waals surface area (Å²) in [7, 11) is 0. The lowest BCUT2D eigenvalue weighted by Gasteiger charge is -2.34. The quantitative estimate of drug-likeness (QED) is 0.717. The third kappa shape index (κ3) is 3.47. The molecule has 6 nitrogen and oxygen atoms in total. The van der Waals surface area contributed by atoms with Gasteiger partial charge in [0, 0.05) is 36.7 Å². The number of piperidine rings is 1. The monoisotopic (exact) mass is 361 g/mol. The molecule has 4 rings (SSSR count). The average molecular weight is 361 g/mol. The van der Waals surface area contributed by atoms with Crippen LogP contribution in [0.4, 0.5) is 0 Å². The first-order valence-electron chi connectivity index (χ1n) is 9.30. The van der Waals surface area contributed by atoms with Crippen LogP contribution in [0, 0.1) is 13.8 Å². The van der Waals surface area contributed by atoms with E-state index in [1.807, 2.05) is 36.2 Å². The predicted molar refractivity (Wildman–Crippen MR) is 103 cm³/mol. The molecule has 27 heavy (non-hydrogen) atoms.